The van der Waals surface area contributed by atoms with Crippen molar-refractivity contribution in [1.29, 1.82) is 0 Å². The summed E-state index contributed by atoms with van der Waals surface area (Å²) in [6.07, 6.45) is 3.44. The first-order valence-corrected chi connectivity index (χ1v) is 10.3. The molecule has 22 heavy (non-hydrogen) atoms. The van der Waals surface area contributed by atoms with Crippen LogP contribution in [0.2, 0.25) is 0 Å². The van der Waals surface area contributed by atoms with E-state index < -0.39 is 10.2 Å². The Bertz CT molecular complexity index is 485. The Labute approximate surface area is 137 Å². The van der Waals surface area contributed by atoms with Gasteiger partial charge in [0.1, 0.15) is 0 Å². The molecule has 0 unspecified atom stereocenters. The molecule has 3 aliphatic heterocycles. The Kier molecular flexibility index (Phi) is 5.07. The molecule has 0 bridgehead atoms. The number of thioether (sulfide) groups is 1. The molecule has 3 heterocycles. The van der Waals surface area contributed by atoms with Gasteiger partial charge in [-0.1, -0.05) is 0 Å². The minimum atomic E-state index is -3.25. The highest BCUT2D eigenvalue weighted by Crippen LogP contribution is 2.47. The first-order chi connectivity index (χ1) is 10.4. The van der Waals surface area contributed by atoms with Crippen LogP contribution in [0.4, 0.5) is 0 Å². The van der Waals surface area contributed by atoms with Crippen LogP contribution in [0.1, 0.15) is 19.3 Å². The molecular weight excluding hydrogens is 324 g/mol. The third kappa shape index (κ3) is 3.47. The Morgan fingerprint density at radius 2 is 2.00 bits per heavy atom. The molecule has 8 heteroatoms. The van der Waals surface area contributed by atoms with E-state index in [1.807, 2.05) is 11.8 Å². The number of hydrogen-bond donors (Lipinski definition) is 0. The van der Waals surface area contributed by atoms with Crippen molar-refractivity contribution in [2.45, 2.75) is 30.1 Å². The summed E-state index contributed by atoms with van der Waals surface area (Å²) in [6, 6.07) is 0. The Hall–Kier alpha value is 0.140. The highest BCUT2D eigenvalue weighted by Gasteiger charge is 2.53. The van der Waals surface area contributed by atoms with Gasteiger partial charge in [0.25, 0.3) is 10.2 Å². The summed E-state index contributed by atoms with van der Waals surface area (Å²) in [4.78, 5) is 0. The van der Waals surface area contributed by atoms with Crippen LogP contribution >= 0.6 is 11.8 Å². The van der Waals surface area contributed by atoms with Gasteiger partial charge in [0.2, 0.25) is 0 Å². The first kappa shape index (κ1) is 17.0. The zero-order valence-corrected chi connectivity index (χ0v) is 15.0. The summed E-state index contributed by atoms with van der Waals surface area (Å²) < 4.78 is 38.5. The average molecular weight is 351 g/mol. The standard InChI is InChI=1S/C14H26N2O4S2/c1-15(2)22(17,18)16-10-14(11-16)7-13(9-21-14)20-8-12-3-5-19-6-4-12/h12-13H,3-11H2,1-2H3/t13-/m1/s1. The van der Waals surface area contributed by atoms with Crippen LogP contribution in [-0.4, -0.2) is 80.6 Å². The van der Waals surface area contributed by atoms with Crippen molar-refractivity contribution in [3.05, 3.63) is 0 Å². The summed E-state index contributed by atoms with van der Waals surface area (Å²) in [5, 5.41) is 0. The maximum absolute atomic E-state index is 12.1. The largest absolute Gasteiger partial charge is 0.381 e. The number of rotatable bonds is 5. The zero-order chi connectivity index (χ0) is 15.8. The van der Waals surface area contributed by atoms with Crippen molar-refractivity contribution in [3.8, 4) is 0 Å². The van der Waals surface area contributed by atoms with Crippen LogP contribution < -0.4 is 0 Å². The fourth-order valence-electron chi connectivity index (χ4n) is 3.31. The van der Waals surface area contributed by atoms with Crippen LogP contribution in [0.25, 0.3) is 0 Å². The predicted octanol–water partition coefficient (Wildman–Crippen LogP) is 0.796. The minimum absolute atomic E-state index is 0.0867. The van der Waals surface area contributed by atoms with Crippen molar-refractivity contribution >= 4 is 22.0 Å². The van der Waals surface area contributed by atoms with E-state index in [0.717, 1.165) is 44.8 Å². The molecule has 3 saturated heterocycles. The summed E-state index contributed by atoms with van der Waals surface area (Å²) in [5.41, 5.74) is 0. The molecule has 1 spiro atoms. The third-order valence-electron chi connectivity index (χ3n) is 4.80. The van der Waals surface area contributed by atoms with Gasteiger partial charge in [0.15, 0.2) is 0 Å². The van der Waals surface area contributed by atoms with Gasteiger partial charge in [0.05, 0.1) is 6.10 Å². The van der Waals surface area contributed by atoms with E-state index in [4.69, 9.17) is 9.47 Å². The molecule has 3 aliphatic rings. The lowest BCUT2D eigenvalue weighted by Gasteiger charge is -2.46. The average Bonchev–Trinajstić information content (AvgIpc) is 2.89. The highest BCUT2D eigenvalue weighted by molar-refractivity contribution is 8.01. The second-order valence-electron chi connectivity index (χ2n) is 6.77. The summed E-state index contributed by atoms with van der Waals surface area (Å²) in [7, 11) is -0.0814. The van der Waals surface area contributed by atoms with E-state index in [1.165, 1.54) is 4.31 Å². The molecule has 0 amide bonds. The second kappa shape index (κ2) is 6.57. The van der Waals surface area contributed by atoms with E-state index in [-0.39, 0.29) is 10.9 Å². The summed E-state index contributed by atoms with van der Waals surface area (Å²) >= 11 is 1.88. The van der Waals surface area contributed by atoms with Crippen molar-refractivity contribution in [3.63, 3.8) is 0 Å². The molecule has 3 rings (SSSR count). The van der Waals surface area contributed by atoms with E-state index in [1.54, 1.807) is 18.4 Å². The predicted molar refractivity (Wildman–Crippen MR) is 87.3 cm³/mol. The van der Waals surface area contributed by atoms with Crippen molar-refractivity contribution < 1.29 is 17.9 Å². The molecule has 0 N–H and O–H groups in total. The minimum Gasteiger partial charge on any atom is -0.381 e. The van der Waals surface area contributed by atoms with E-state index in [2.05, 4.69) is 0 Å². The molecule has 6 nitrogen and oxygen atoms in total. The van der Waals surface area contributed by atoms with Gasteiger partial charge in [-0.05, 0) is 25.2 Å². The van der Waals surface area contributed by atoms with Gasteiger partial charge in [-0.2, -0.15) is 17.0 Å². The first-order valence-electron chi connectivity index (χ1n) is 7.92. The summed E-state index contributed by atoms with van der Waals surface area (Å²) in [6.45, 7) is 3.78. The fraction of sp³-hybridized carbons (Fsp3) is 1.00. The highest BCUT2D eigenvalue weighted by atomic mass is 32.2. The third-order valence-corrected chi connectivity index (χ3v) is 8.21. The lowest BCUT2D eigenvalue weighted by Crippen LogP contribution is -2.62. The Morgan fingerprint density at radius 1 is 1.32 bits per heavy atom. The van der Waals surface area contributed by atoms with Gasteiger partial charge in [-0.3, -0.25) is 0 Å². The van der Waals surface area contributed by atoms with E-state index in [0.29, 0.717) is 19.0 Å². The summed E-state index contributed by atoms with van der Waals surface area (Å²) in [5.74, 6) is 1.61. The lowest BCUT2D eigenvalue weighted by atomic mass is 9.95. The molecule has 0 aromatic rings. The topological polar surface area (TPSA) is 59.1 Å². The molecule has 0 radical (unpaired) electrons. The van der Waals surface area contributed by atoms with Crippen molar-refractivity contribution in [2.75, 3.05) is 52.8 Å². The molecule has 0 aromatic heterocycles. The Balaban J connectivity index is 1.43. The van der Waals surface area contributed by atoms with Gasteiger partial charge >= 0.3 is 0 Å². The van der Waals surface area contributed by atoms with Gasteiger partial charge in [0, 0.05) is 57.5 Å². The quantitative estimate of drug-likeness (QED) is 0.734. The molecule has 128 valence electrons. The molecule has 3 fully saturated rings. The van der Waals surface area contributed by atoms with Gasteiger partial charge < -0.3 is 9.47 Å². The fourth-order valence-corrected chi connectivity index (χ4v) is 6.30. The molecule has 0 aromatic carbocycles. The van der Waals surface area contributed by atoms with E-state index in [9.17, 15) is 8.42 Å². The van der Waals surface area contributed by atoms with Gasteiger partial charge in [-0.15, -0.1) is 11.8 Å². The van der Waals surface area contributed by atoms with Crippen LogP contribution in [-0.2, 0) is 19.7 Å². The van der Waals surface area contributed by atoms with E-state index >= 15 is 0 Å². The number of hydrogen-bond acceptors (Lipinski definition) is 5. The molecule has 0 aliphatic carbocycles. The normalized spacial score (nSPS) is 30.0. The SMILES string of the molecule is CN(C)S(=O)(=O)N1CC2(C[C@@H](OCC3CCOCC3)CS2)C1. The smallest absolute Gasteiger partial charge is 0.281 e. The Morgan fingerprint density at radius 3 is 2.64 bits per heavy atom. The maximum Gasteiger partial charge on any atom is 0.281 e. The lowest BCUT2D eigenvalue weighted by molar-refractivity contribution is -0.00935. The van der Waals surface area contributed by atoms with Crippen LogP contribution in [0.15, 0.2) is 0 Å². The molecule has 1 atom stereocenters. The number of ether oxygens (including phenoxy) is 2. The molecule has 0 saturated carbocycles. The van der Waals surface area contributed by atoms with Crippen molar-refractivity contribution in [2.24, 2.45) is 5.92 Å². The number of nitrogens with zero attached hydrogens (tertiary/aromatic N) is 2. The second-order valence-corrected chi connectivity index (χ2v) is 10.4. The maximum atomic E-state index is 12.1. The van der Waals surface area contributed by atoms with Crippen LogP contribution in [0.3, 0.4) is 0 Å². The van der Waals surface area contributed by atoms with Crippen LogP contribution in [0.5, 0.6) is 0 Å². The van der Waals surface area contributed by atoms with Crippen LogP contribution in [0, 0.1) is 5.92 Å². The van der Waals surface area contributed by atoms with Gasteiger partial charge in [-0.25, -0.2) is 0 Å². The van der Waals surface area contributed by atoms with Crippen molar-refractivity contribution in [1.82, 2.24) is 8.61 Å². The molecular formula is C14H26N2O4S2. The zero-order valence-electron chi connectivity index (χ0n) is 13.4. The monoisotopic (exact) mass is 350 g/mol.